The monoisotopic (exact) mass is 226 g/mol. The summed E-state index contributed by atoms with van der Waals surface area (Å²) in [6.07, 6.45) is 1.62. The quantitative estimate of drug-likeness (QED) is 0.700. The largest absolute Gasteiger partial charge is 0.383 e. The number of hydrogen-bond donors (Lipinski definition) is 2. The van der Waals surface area contributed by atoms with Crippen molar-refractivity contribution in [3.8, 4) is 0 Å². The molecule has 1 amide bonds. The average Bonchev–Trinajstić information content (AvgIpc) is 2.54. The van der Waals surface area contributed by atoms with Gasteiger partial charge in [0.15, 0.2) is 0 Å². The van der Waals surface area contributed by atoms with Gasteiger partial charge < -0.3 is 15.8 Å². The van der Waals surface area contributed by atoms with Gasteiger partial charge in [-0.3, -0.25) is 9.48 Å². The fraction of sp³-hybridized carbons (Fsp3) is 0.600. The summed E-state index contributed by atoms with van der Waals surface area (Å²) in [6.45, 7) is 4.84. The van der Waals surface area contributed by atoms with Gasteiger partial charge in [-0.2, -0.15) is 5.10 Å². The highest BCUT2D eigenvalue weighted by atomic mass is 16.5. The molecule has 1 rings (SSSR count). The number of anilines is 1. The maximum atomic E-state index is 11.6. The van der Waals surface area contributed by atoms with E-state index in [-0.39, 0.29) is 12.0 Å². The fourth-order valence-corrected chi connectivity index (χ4v) is 1.18. The van der Waals surface area contributed by atoms with Gasteiger partial charge in [0.1, 0.15) is 11.4 Å². The van der Waals surface area contributed by atoms with Crippen LogP contribution in [-0.4, -0.2) is 34.9 Å². The molecule has 0 saturated carbocycles. The van der Waals surface area contributed by atoms with Crippen molar-refractivity contribution < 1.29 is 9.53 Å². The molecular weight excluding hydrogens is 208 g/mol. The van der Waals surface area contributed by atoms with E-state index < -0.39 is 0 Å². The standard InChI is InChI=1S/C10H18N4O2/c1-7(2)16-5-4-12-10(15)8-6-13-14(3)9(8)11/h6-7H,4-5,11H2,1-3H3,(H,12,15). The summed E-state index contributed by atoms with van der Waals surface area (Å²) >= 11 is 0. The minimum atomic E-state index is -0.224. The summed E-state index contributed by atoms with van der Waals surface area (Å²) in [7, 11) is 1.69. The Kier molecular flexibility index (Phi) is 4.30. The number of nitrogens with two attached hydrogens (primary N) is 1. The van der Waals surface area contributed by atoms with Crippen molar-refractivity contribution >= 4 is 11.7 Å². The van der Waals surface area contributed by atoms with Crippen LogP contribution < -0.4 is 11.1 Å². The third kappa shape index (κ3) is 3.23. The zero-order chi connectivity index (χ0) is 12.1. The third-order valence-corrected chi connectivity index (χ3v) is 2.07. The Hall–Kier alpha value is -1.56. The summed E-state index contributed by atoms with van der Waals surface area (Å²) in [5.74, 6) is 0.139. The van der Waals surface area contributed by atoms with Gasteiger partial charge >= 0.3 is 0 Å². The maximum Gasteiger partial charge on any atom is 0.256 e. The molecule has 0 saturated heterocycles. The summed E-state index contributed by atoms with van der Waals surface area (Å²) in [6, 6.07) is 0. The highest BCUT2D eigenvalue weighted by Crippen LogP contribution is 2.08. The third-order valence-electron chi connectivity index (χ3n) is 2.07. The van der Waals surface area contributed by atoms with E-state index in [0.29, 0.717) is 24.5 Å². The number of nitrogen functional groups attached to an aromatic ring is 1. The second-order valence-corrected chi connectivity index (χ2v) is 3.74. The van der Waals surface area contributed by atoms with E-state index in [1.54, 1.807) is 7.05 Å². The Balaban J connectivity index is 2.39. The van der Waals surface area contributed by atoms with Gasteiger partial charge in [0.2, 0.25) is 0 Å². The molecule has 0 radical (unpaired) electrons. The Morgan fingerprint density at radius 2 is 2.38 bits per heavy atom. The lowest BCUT2D eigenvalue weighted by molar-refractivity contribution is 0.0747. The van der Waals surface area contributed by atoms with Crippen LogP contribution in [0.4, 0.5) is 5.82 Å². The highest BCUT2D eigenvalue weighted by molar-refractivity contribution is 5.98. The van der Waals surface area contributed by atoms with Crippen LogP contribution in [0.5, 0.6) is 0 Å². The van der Waals surface area contributed by atoms with Gasteiger partial charge in [0.25, 0.3) is 5.91 Å². The molecule has 1 aromatic heterocycles. The van der Waals surface area contributed by atoms with E-state index in [2.05, 4.69) is 10.4 Å². The van der Waals surface area contributed by atoms with Crippen LogP contribution in [0.1, 0.15) is 24.2 Å². The Morgan fingerprint density at radius 1 is 1.69 bits per heavy atom. The van der Waals surface area contributed by atoms with E-state index in [4.69, 9.17) is 10.5 Å². The molecule has 0 spiro atoms. The molecule has 0 atom stereocenters. The molecule has 0 unspecified atom stereocenters. The molecule has 1 aromatic rings. The number of hydrogen-bond acceptors (Lipinski definition) is 4. The molecule has 0 aliphatic heterocycles. The van der Waals surface area contributed by atoms with Crippen molar-refractivity contribution in [1.82, 2.24) is 15.1 Å². The number of nitrogens with one attached hydrogen (secondary N) is 1. The average molecular weight is 226 g/mol. The first-order valence-corrected chi connectivity index (χ1v) is 5.19. The topological polar surface area (TPSA) is 82.2 Å². The lowest BCUT2D eigenvalue weighted by Gasteiger charge is -2.08. The van der Waals surface area contributed by atoms with Gasteiger partial charge in [0.05, 0.1) is 18.9 Å². The maximum absolute atomic E-state index is 11.6. The van der Waals surface area contributed by atoms with E-state index in [0.717, 1.165) is 0 Å². The number of carbonyl (C=O) groups is 1. The zero-order valence-electron chi connectivity index (χ0n) is 9.86. The van der Waals surface area contributed by atoms with Gasteiger partial charge in [0, 0.05) is 13.6 Å². The molecule has 0 fully saturated rings. The molecule has 0 aliphatic carbocycles. The number of ether oxygens (including phenoxy) is 1. The van der Waals surface area contributed by atoms with Gasteiger partial charge in [-0.05, 0) is 13.8 Å². The molecule has 3 N–H and O–H groups in total. The molecule has 6 heteroatoms. The summed E-state index contributed by atoms with van der Waals surface area (Å²) in [5, 5.41) is 6.60. The SMILES string of the molecule is CC(C)OCCNC(=O)c1cnn(C)c1N. The van der Waals surface area contributed by atoms with Crippen LogP contribution >= 0.6 is 0 Å². The van der Waals surface area contributed by atoms with E-state index in [9.17, 15) is 4.79 Å². The zero-order valence-corrected chi connectivity index (χ0v) is 9.86. The van der Waals surface area contributed by atoms with Gasteiger partial charge in [-0.15, -0.1) is 0 Å². The van der Waals surface area contributed by atoms with Crippen molar-refractivity contribution in [2.45, 2.75) is 20.0 Å². The summed E-state index contributed by atoms with van der Waals surface area (Å²) in [4.78, 5) is 11.6. The van der Waals surface area contributed by atoms with E-state index >= 15 is 0 Å². The minimum absolute atomic E-state index is 0.167. The molecular formula is C10H18N4O2. The first kappa shape index (κ1) is 12.5. The molecule has 0 aromatic carbocycles. The normalized spacial score (nSPS) is 10.8. The van der Waals surface area contributed by atoms with Crippen LogP contribution in [-0.2, 0) is 11.8 Å². The predicted molar refractivity (Wildman–Crippen MR) is 61.0 cm³/mol. The van der Waals surface area contributed by atoms with Crippen LogP contribution in [0, 0.1) is 0 Å². The summed E-state index contributed by atoms with van der Waals surface area (Å²) in [5.41, 5.74) is 6.06. The second kappa shape index (κ2) is 5.50. The minimum Gasteiger partial charge on any atom is -0.383 e. The first-order valence-electron chi connectivity index (χ1n) is 5.19. The van der Waals surface area contributed by atoms with Crippen LogP contribution in [0.15, 0.2) is 6.20 Å². The van der Waals surface area contributed by atoms with Crippen LogP contribution in [0.3, 0.4) is 0 Å². The van der Waals surface area contributed by atoms with Crippen molar-refractivity contribution in [3.05, 3.63) is 11.8 Å². The molecule has 6 nitrogen and oxygen atoms in total. The van der Waals surface area contributed by atoms with Crippen LogP contribution in [0.25, 0.3) is 0 Å². The van der Waals surface area contributed by atoms with E-state index in [1.165, 1.54) is 10.9 Å². The molecule has 0 bridgehead atoms. The fourth-order valence-electron chi connectivity index (χ4n) is 1.18. The molecule has 0 aliphatic rings. The Bertz CT molecular complexity index is 360. The van der Waals surface area contributed by atoms with Crippen molar-refractivity contribution in [3.63, 3.8) is 0 Å². The number of aryl methyl sites for hydroxylation is 1. The number of rotatable bonds is 5. The van der Waals surface area contributed by atoms with Gasteiger partial charge in [-0.1, -0.05) is 0 Å². The molecule has 16 heavy (non-hydrogen) atoms. The van der Waals surface area contributed by atoms with E-state index in [1.807, 2.05) is 13.8 Å². The van der Waals surface area contributed by atoms with Crippen molar-refractivity contribution in [2.75, 3.05) is 18.9 Å². The lowest BCUT2D eigenvalue weighted by atomic mass is 10.3. The van der Waals surface area contributed by atoms with Crippen LogP contribution in [0.2, 0.25) is 0 Å². The van der Waals surface area contributed by atoms with Crippen molar-refractivity contribution in [2.24, 2.45) is 7.05 Å². The number of aromatic nitrogens is 2. The first-order chi connectivity index (χ1) is 7.52. The molecule has 90 valence electrons. The number of amides is 1. The number of carbonyl (C=O) groups excluding carboxylic acids is 1. The Morgan fingerprint density at radius 3 is 2.88 bits per heavy atom. The Labute approximate surface area is 94.8 Å². The van der Waals surface area contributed by atoms with Gasteiger partial charge in [-0.25, -0.2) is 0 Å². The second-order valence-electron chi connectivity index (χ2n) is 3.74. The number of nitrogens with zero attached hydrogens (tertiary/aromatic N) is 2. The highest BCUT2D eigenvalue weighted by Gasteiger charge is 2.12. The smallest absolute Gasteiger partial charge is 0.256 e. The molecule has 1 heterocycles. The van der Waals surface area contributed by atoms with Crippen molar-refractivity contribution in [1.29, 1.82) is 0 Å². The lowest BCUT2D eigenvalue weighted by Crippen LogP contribution is -2.28. The predicted octanol–water partition coefficient (Wildman–Crippen LogP) is 0.157. The summed E-state index contributed by atoms with van der Waals surface area (Å²) < 4.78 is 6.75.